The van der Waals surface area contributed by atoms with E-state index < -0.39 is 11.8 Å². The molecular weight excluding hydrogens is 509 g/mol. The number of piperazine rings is 1. The summed E-state index contributed by atoms with van der Waals surface area (Å²) >= 11 is 0. The summed E-state index contributed by atoms with van der Waals surface area (Å²) in [7, 11) is 0. The minimum atomic E-state index is -0.864. The Balaban J connectivity index is 1.44. The van der Waals surface area contributed by atoms with Gasteiger partial charge in [0.25, 0.3) is 11.5 Å². The van der Waals surface area contributed by atoms with E-state index in [4.69, 9.17) is 5.11 Å². The lowest BCUT2D eigenvalue weighted by Gasteiger charge is -2.41. The molecule has 1 fully saturated rings. The van der Waals surface area contributed by atoms with Crippen LogP contribution in [0.4, 0.5) is 10.1 Å². The Bertz CT molecular complexity index is 1580. The number of carbonyl (C=O) groups excluding carboxylic acids is 1. The minimum Gasteiger partial charge on any atom is -0.481 e. The Hall–Kier alpha value is -4.46. The van der Waals surface area contributed by atoms with Crippen LogP contribution in [0.2, 0.25) is 0 Å². The van der Waals surface area contributed by atoms with Gasteiger partial charge in [0, 0.05) is 60.1 Å². The Labute approximate surface area is 232 Å². The van der Waals surface area contributed by atoms with Gasteiger partial charge >= 0.3 is 5.97 Å². The first-order valence-corrected chi connectivity index (χ1v) is 13.6. The van der Waals surface area contributed by atoms with E-state index in [1.165, 1.54) is 12.1 Å². The maximum Gasteiger partial charge on any atom is 0.303 e. The number of aromatic nitrogens is 1. The number of unbranched alkanes of at least 4 members (excludes halogenated alkanes) is 1. The number of hydrogen-bond acceptors (Lipinski definition) is 4. The summed E-state index contributed by atoms with van der Waals surface area (Å²) in [4.78, 5) is 42.4. The zero-order chi connectivity index (χ0) is 28.2. The molecule has 1 aliphatic heterocycles. The molecule has 1 unspecified atom stereocenters. The van der Waals surface area contributed by atoms with Crippen molar-refractivity contribution in [1.29, 1.82) is 0 Å². The molecule has 7 nitrogen and oxygen atoms in total. The highest BCUT2D eigenvalue weighted by Crippen LogP contribution is 2.23. The van der Waals surface area contributed by atoms with Gasteiger partial charge in [-0.15, -0.1) is 0 Å². The topological polar surface area (TPSA) is 82.9 Å². The molecule has 1 amide bonds. The van der Waals surface area contributed by atoms with Crippen LogP contribution >= 0.6 is 0 Å². The number of fused-ring (bicyclic) bond motifs is 1. The van der Waals surface area contributed by atoms with Crippen LogP contribution in [0.25, 0.3) is 16.5 Å². The fourth-order valence-electron chi connectivity index (χ4n) is 5.44. The van der Waals surface area contributed by atoms with E-state index in [0.29, 0.717) is 53.5 Å². The maximum atomic E-state index is 13.7. The fourth-order valence-corrected chi connectivity index (χ4v) is 5.44. The van der Waals surface area contributed by atoms with E-state index >= 15 is 0 Å². The third kappa shape index (κ3) is 5.76. The van der Waals surface area contributed by atoms with Crippen molar-refractivity contribution in [3.63, 3.8) is 0 Å². The molecule has 206 valence electrons. The number of aliphatic carboxylic acids is 1. The summed E-state index contributed by atoms with van der Waals surface area (Å²) in [5.74, 6) is -1.34. The number of rotatable bonds is 8. The van der Waals surface area contributed by atoms with Gasteiger partial charge in [0.2, 0.25) is 0 Å². The lowest BCUT2D eigenvalue weighted by Crippen LogP contribution is -2.54. The van der Waals surface area contributed by atoms with Crippen LogP contribution in [0, 0.1) is 5.82 Å². The zero-order valence-electron chi connectivity index (χ0n) is 22.4. The zero-order valence-corrected chi connectivity index (χ0v) is 22.4. The van der Waals surface area contributed by atoms with Gasteiger partial charge in [-0.2, -0.15) is 0 Å². The van der Waals surface area contributed by atoms with Gasteiger partial charge in [0.15, 0.2) is 0 Å². The molecule has 0 spiro atoms. The van der Waals surface area contributed by atoms with Crippen molar-refractivity contribution >= 4 is 28.3 Å². The number of carbonyl (C=O) groups is 2. The Morgan fingerprint density at radius 2 is 1.68 bits per heavy atom. The van der Waals surface area contributed by atoms with Crippen molar-refractivity contribution in [1.82, 2.24) is 9.47 Å². The van der Waals surface area contributed by atoms with Crippen molar-refractivity contribution in [2.24, 2.45) is 0 Å². The highest BCUT2D eigenvalue weighted by Gasteiger charge is 2.28. The lowest BCUT2D eigenvalue weighted by atomic mass is 10.0. The fraction of sp³-hybridized carbons (Fsp3) is 0.281. The number of halogens is 1. The number of amides is 1. The number of carboxylic acids is 1. The highest BCUT2D eigenvalue weighted by atomic mass is 19.1. The average molecular weight is 542 g/mol. The van der Waals surface area contributed by atoms with Gasteiger partial charge in [-0.3, -0.25) is 19.0 Å². The van der Waals surface area contributed by atoms with Crippen molar-refractivity contribution in [3.05, 3.63) is 106 Å². The van der Waals surface area contributed by atoms with Gasteiger partial charge in [0.05, 0.1) is 0 Å². The number of aryl methyl sites for hydroxylation is 1. The van der Waals surface area contributed by atoms with Crippen molar-refractivity contribution in [2.75, 3.05) is 24.5 Å². The predicted octanol–water partition coefficient (Wildman–Crippen LogP) is 5.28. The van der Waals surface area contributed by atoms with Gasteiger partial charge in [-0.1, -0.05) is 18.2 Å². The molecule has 4 aromatic rings. The number of anilines is 1. The van der Waals surface area contributed by atoms with E-state index in [0.717, 1.165) is 18.8 Å². The lowest BCUT2D eigenvalue weighted by molar-refractivity contribution is -0.137. The molecule has 0 aliphatic carbocycles. The molecule has 1 aliphatic rings. The number of hydrogen-bond donors (Lipinski definition) is 1. The normalized spacial score (nSPS) is 15.4. The van der Waals surface area contributed by atoms with Gasteiger partial charge < -0.3 is 14.9 Å². The van der Waals surface area contributed by atoms with Crippen LogP contribution < -0.4 is 10.5 Å². The molecule has 1 atom stereocenters. The number of carboxylic acid groups (broad SMARTS) is 1. The Kier molecular flexibility index (Phi) is 7.96. The van der Waals surface area contributed by atoms with Gasteiger partial charge in [-0.05, 0) is 92.2 Å². The summed E-state index contributed by atoms with van der Waals surface area (Å²) in [6, 6.07) is 22.9. The van der Waals surface area contributed by atoms with Gasteiger partial charge in [0.1, 0.15) is 5.82 Å². The van der Waals surface area contributed by atoms with E-state index in [9.17, 15) is 18.8 Å². The monoisotopic (exact) mass is 541 g/mol. The molecule has 1 saturated heterocycles. The molecule has 1 aromatic heterocycles. The third-order valence-electron chi connectivity index (χ3n) is 7.51. The van der Waals surface area contributed by atoms with E-state index in [-0.39, 0.29) is 23.9 Å². The van der Waals surface area contributed by atoms with E-state index in [1.54, 1.807) is 34.9 Å². The molecule has 0 saturated carbocycles. The summed E-state index contributed by atoms with van der Waals surface area (Å²) in [5, 5.41) is 10.1. The molecule has 5 rings (SSSR count). The second kappa shape index (κ2) is 11.7. The number of benzene rings is 3. The first kappa shape index (κ1) is 27.1. The van der Waals surface area contributed by atoms with Crippen LogP contribution in [0.1, 0.15) is 42.2 Å². The molecule has 8 heteroatoms. The molecule has 1 N–H and O–H groups in total. The minimum absolute atomic E-state index is 0.00780. The summed E-state index contributed by atoms with van der Waals surface area (Å²) in [5.41, 5.74) is 2.61. The Morgan fingerprint density at radius 1 is 0.925 bits per heavy atom. The van der Waals surface area contributed by atoms with Crippen LogP contribution in [0.5, 0.6) is 0 Å². The summed E-state index contributed by atoms with van der Waals surface area (Å²) < 4.78 is 15.2. The van der Waals surface area contributed by atoms with Crippen LogP contribution in [-0.2, 0) is 11.2 Å². The molecule has 2 heterocycles. The largest absolute Gasteiger partial charge is 0.481 e. The van der Waals surface area contributed by atoms with E-state index in [1.807, 2.05) is 36.1 Å². The number of para-hydroxylation sites is 1. The molecule has 0 radical (unpaired) electrons. The third-order valence-corrected chi connectivity index (χ3v) is 7.51. The van der Waals surface area contributed by atoms with Gasteiger partial charge in [-0.25, -0.2) is 4.39 Å². The first-order valence-electron chi connectivity index (χ1n) is 13.6. The molecule has 0 bridgehead atoms. The van der Waals surface area contributed by atoms with Crippen molar-refractivity contribution in [2.45, 2.75) is 38.6 Å². The average Bonchev–Trinajstić information content (AvgIpc) is 2.96. The second-order valence-electron chi connectivity index (χ2n) is 10.3. The quantitative estimate of drug-likeness (QED) is 0.307. The highest BCUT2D eigenvalue weighted by molar-refractivity contribution is 5.99. The predicted molar refractivity (Wildman–Crippen MR) is 154 cm³/mol. The molecule has 40 heavy (non-hydrogen) atoms. The smallest absolute Gasteiger partial charge is 0.303 e. The van der Waals surface area contributed by atoms with Crippen LogP contribution in [-0.4, -0.2) is 52.1 Å². The molecule has 3 aromatic carbocycles. The Morgan fingerprint density at radius 3 is 2.38 bits per heavy atom. The second-order valence-corrected chi connectivity index (χ2v) is 10.3. The van der Waals surface area contributed by atoms with Crippen LogP contribution in [0.15, 0.2) is 83.7 Å². The molecular formula is C32H32FN3O4. The standard InChI is InChI=1S/C32H32FN3O4/c1-22-21-34(26-7-3-2-4-8-26)17-18-35(22)31(39)23-11-16-29-24(19-23)20-28(9-5-6-10-30(37)38)36(32(29)40)27-14-12-25(33)13-15-27/h2-4,7-8,11-16,19-20,22H,5-6,9-10,17-18,21H2,1H3,(H,37,38). The number of pyridine rings is 1. The maximum absolute atomic E-state index is 13.7. The van der Waals surface area contributed by atoms with Crippen LogP contribution in [0.3, 0.4) is 0 Å². The number of nitrogens with zero attached hydrogens (tertiary/aromatic N) is 3. The first-order chi connectivity index (χ1) is 19.3. The summed E-state index contributed by atoms with van der Waals surface area (Å²) in [6.45, 7) is 4.10. The SMILES string of the molecule is CC1CN(c2ccccc2)CCN1C(=O)c1ccc2c(=O)n(-c3ccc(F)cc3)c(CCCCC(=O)O)cc2c1. The van der Waals surface area contributed by atoms with Crippen molar-refractivity contribution < 1.29 is 19.1 Å². The van der Waals surface area contributed by atoms with Crippen molar-refractivity contribution in [3.8, 4) is 5.69 Å². The van der Waals surface area contributed by atoms with E-state index in [2.05, 4.69) is 17.0 Å². The summed E-state index contributed by atoms with van der Waals surface area (Å²) in [6.07, 6.45) is 1.55.